The number of hydrazone groups is 1. The fourth-order valence-electron chi connectivity index (χ4n) is 4.16. The molecule has 0 fully saturated rings. The number of hydrogen-bond acceptors (Lipinski definition) is 3. The van der Waals surface area contributed by atoms with E-state index in [-0.39, 0.29) is 18.3 Å². The number of carbonyl (C=O) groups excluding carboxylic acids is 1. The number of ether oxygens (including phenoxy) is 1. The second-order valence-electron chi connectivity index (χ2n) is 8.76. The fourth-order valence-corrected chi connectivity index (χ4v) is 4.16. The first-order valence-electron chi connectivity index (χ1n) is 12.2. The lowest BCUT2D eigenvalue weighted by Crippen LogP contribution is -2.17. The summed E-state index contributed by atoms with van der Waals surface area (Å²) in [6.07, 6.45) is 1.54. The molecule has 5 aromatic rings. The van der Waals surface area contributed by atoms with Crippen LogP contribution in [0, 0.1) is 12.7 Å². The van der Waals surface area contributed by atoms with Gasteiger partial charge in [0.05, 0.1) is 11.9 Å². The summed E-state index contributed by atoms with van der Waals surface area (Å²) >= 11 is 0. The molecule has 0 saturated carbocycles. The van der Waals surface area contributed by atoms with Crippen molar-refractivity contribution in [1.82, 2.24) is 9.99 Å². The SMILES string of the molecule is Cc1ccc(-c2ccccc2)n1-c1ccc(C(=O)N/N=C/c2ccccc2OCc2ccc(F)cc2)cc1. The Morgan fingerprint density at radius 3 is 2.34 bits per heavy atom. The van der Waals surface area contributed by atoms with Crippen LogP contribution in [0.25, 0.3) is 16.9 Å². The van der Waals surface area contributed by atoms with Gasteiger partial charge in [-0.3, -0.25) is 4.79 Å². The van der Waals surface area contributed by atoms with Gasteiger partial charge in [0.25, 0.3) is 5.91 Å². The second kappa shape index (κ2) is 11.4. The zero-order chi connectivity index (χ0) is 26.3. The molecule has 1 amide bonds. The van der Waals surface area contributed by atoms with E-state index >= 15 is 0 Å². The van der Waals surface area contributed by atoms with E-state index in [0.717, 1.165) is 28.2 Å². The summed E-state index contributed by atoms with van der Waals surface area (Å²) in [5, 5.41) is 4.13. The quantitative estimate of drug-likeness (QED) is 0.184. The molecule has 0 unspecified atom stereocenters. The average molecular weight is 504 g/mol. The van der Waals surface area contributed by atoms with Crippen molar-refractivity contribution in [3.8, 4) is 22.7 Å². The minimum absolute atomic E-state index is 0.288. The van der Waals surface area contributed by atoms with Crippen molar-refractivity contribution >= 4 is 12.1 Å². The van der Waals surface area contributed by atoms with Gasteiger partial charge in [0.15, 0.2) is 0 Å². The summed E-state index contributed by atoms with van der Waals surface area (Å²) in [7, 11) is 0. The normalized spacial score (nSPS) is 11.0. The maximum Gasteiger partial charge on any atom is 0.271 e. The van der Waals surface area contributed by atoms with Gasteiger partial charge in [0.1, 0.15) is 18.2 Å². The monoisotopic (exact) mass is 503 g/mol. The summed E-state index contributed by atoms with van der Waals surface area (Å²) in [6.45, 7) is 2.35. The van der Waals surface area contributed by atoms with Gasteiger partial charge in [0.2, 0.25) is 0 Å². The Hall–Kier alpha value is -4.97. The lowest BCUT2D eigenvalue weighted by molar-refractivity contribution is 0.0955. The Bertz CT molecular complexity index is 1560. The Morgan fingerprint density at radius 2 is 1.58 bits per heavy atom. The predicted octanol–water partition coefficient (Wildman–Crippen LogP) is 6.93. The van der Waals surface area contributed by atoms with Gasteiger partial charge in [0, 0.05) is 22.5 Å². The third-order valence-corrected chi connectivity index (χ3v) is 6.13. The van der Waals surface area contributed by atoms with Crippen molar-refractivity contribution in [1.29, 1.82) is 0 Å². The average Bonchev–Trinajstić information content (AvgIpc) is 3.35. The number of para-hydroxylation sites is 1. The lowest BCUT2D eigenvalue weighted by atomic mass is 10.1. The maximum absolute atomic E-state index is 13.1. The molecular weight excluding hydrogens is 477 g/mol. The van der Waals surface area contributed by atoms with Crippen LogP contribution in [0.4, 0.5) is 4.39 Å². The van der Waals surface area contributed by atoms with Crippen molar-refractivity contribution in [3.63, 3.8) is 0 Å². The third kappa shape index (κ3) is 5.71. The smallest absolute Gasteiger partial charge is 0.271 e. The third-order valence-electron chi connectivity index (χ3n) is 6.13. The summed E-state index contributed by atoms with van der Waals surface area (Å²) in [5.41, 5.74) is 8.93. The van der Waals surface area contributed by atoms with Crippen LogP contribution in [0.3, 0.4) is 0 Å². The van der Waals surface area contributed by atoms with Crippen LogP contribution < -0.4 is 10.2 Å². The number of amides is 1. The van der Waals surface area contributed by atoms with Crippen LogP contribution in [-0.2, 0) is 6.61 Å². The highest BCUT2D eigenvalue weighted by Crippen LogP contribution is 2.26. The zero-order valence-electron chi connectivity index (χ0n) is 20.8. The predicted molar refractivity (Wildman–Crippen MR) is 148 cm³/mol. The number of aryl methyl sites for hydroxylation is 1. The van der Waals surface area contributed by atoms with Gasteiger partial charge in [-0.2, -0.15) is 5.10 Å². The minimum Gasteiger partial charge on any atom is -0.488 e. The number of nitrogens with one attached hydrogen (secondary N) is 1. The second-order valence-corrected chi connectivity index (χ2v) is 8.76. The number of carbonyl (C=O) groups is 1. The largest absolute Gasteiger partial charge is 0.488 e. The molecule has 5 nitrogen and oxygen atoms in total. The molecule has 0 radical (unpaired) electrons. The van der Waals surface area contributed by atoms with Crippen LogP contribution in [-0.4, -0.2) is 16.7 Å². The Labute approximate surface area is 220 Å². The van der Waals surface area contributed by atoms with E-state index < -0.39 is 0 Å². The van der Waals surface area contributed by atoms with Crippen LogP contribution in [0.15, 0.2) is 120 Å². The van der Waals surface area contributed by atoms with E-state index in [9.17, 15) is 9.18 Å². The molecule has 0 atom stereocenters. The van der Waals surface area contributed by atoms with Crippen molar-refractivity contribution in [3.05, 3.63) is 143 Å². The molecule has 0 aliphatic carbocycles. The number of hydrogen-bond donors (Lipinski definition) is 1. The van der Waals surface area contributed by atoms with E-state index in [0.29, 0.717) is 16.9 Å². The molecular formula is C32H26FN3O2. The highest BCUT2D eigenvalue weighted by molar-refractivity contribution is 5.95. The summed E-state index contributed by atoms with van der Waals surface area (Å²) < 4.78 is 21.2. The van der Waals surface area contributed by atoms with Gasteiger partial charge in [-0.15, -0.1) is 0 Å². The van der Waals surface area contributed by atoms with Gasteiger partial charge in [-0.25, -0.2) is 9.82 Å². The lowest BCUT2D eigenvalue weighted by Gasteiger charge is -2.13. The standard InChI is InChI=1S/C32H26FN3O2/c1-23-11-20-30(25-7-3-2-4-8-25)36(23)29-18-14-26(15-19-29)32(37)35-34-21-27-9-5-6-10-31(27)38-22-24-12-16-28(33)17-13-24/h2-21H,22H2,1H3,(H,35,37)/b34-21+. The fraction of sp³-hybridized carbons (Fsp3) is 0.0625. The van der Waals surface area contributed by atoms with Crippen molar-refractivity contribution in [2.75, 3.05) is 0 Å². The van der Waals surface area contributed by atoms with Crippen LogP contribution >= 0.6 is 0 Å². The van der Waals surface area contributed by atoms with Crippen molar-refractivity contribution < 1.29 is 13.9 Å². The van der Waals surface area contributed by atoms with Gasteiger partial charge < -0.3 is 9.30 Å². The Kier molecular flexibility index (Phi) is 7.41. The molecule has 4 aromatic carbocycles. The van der Waals surface area contributed by atoms with E-state index in [1.54, 1.807) is 30.5 Å². The number of nitrogens with zero attached hydrogens (tertiary/aromatic N) is 2. The first-order chi connectivity index (χ1) is 18.6. The molecule has 0 aliphatic heterocycles. The molecule has 5 rings (SSSR count). The molecule has 0 aliphatic rings. The number of aromatic nitrogens is 1. The molecule has 0 spiro atoms. The molecule has 38 heavy (non-hydrogen) atoms. The Morgan fingerprint density at radius 1 is 0.868 bits per heavy atom. The highest BCUT2D eigenvalue weighted by Gasteiger charge is 2.11. The number of benzene rings is 4. The van der Waals surface area contributed by atoms with E-state index in [4.69, 9.17) is 4.74 Å². The molecule has 0 bridgehead atoms. The van der Waals surface area contributed by atoms with E-state index in [2.05, 4.69) is 46.3 Å². The summed E-state index contributed by atoms with van der Waals surface area (Å²) in [6, 6.07) is 35.3. The van der Waals surface area contributed by atoms with Gasteiger partial charge in [-0.1, -0.05) is 54.6 Å². The maximum atomic E-state index is 13.1. The molecule has 188 valence electrons. The number of rotatable bonds is 8. The zero-order valence-corrected chi connectivity index (χ0v) is 20.8. The van der Waals surface area contributed by atoms with Crippen molar-refractivity contribution in [2.45, 2.75) is 13.5 Å². The summed E-state index contributed by atoms with van der Waals surface area (Å²) in [4.78, 5) is 12.7. The van der Waals surface area contributed by atoms with Crippen LogP contribution in [0.2, 0.25) is 0 Å². The number of halogens is 1. The topological polar surface area (TPSA) is 55.6 Å². The first kappa shape index (κ1) is 24.7. The van der Waals surface area contributed by atoms with E-state index in [1.807, 2.05) is 54.6 Å². The molecule has 0 saturated heterocycles. The van der Waals surface area contributed by atoms with Crippen molar-refractivity contribution in [2.24, 2.45) is 5.10 Å². The van der Waals surface area contributed by atoms with Gasteiger partial charge in [-0.05, 0) is 78.7 Å². The van der Waals surface area contributed by atoms with Crippen LogP contribution in [0.5, 0.6) is 5.75 Å². The Balaban J connectivity index is 1.25. The highest BCUT2D eigenvalue weighted by atomic mass is 19.1. The van der Waals surface area contributed by atoms with E-state index in [1.165, 1.54) is 12.1 Å². The van der Waals surface area contributed by atoms with Gasteiger partial charge >= 0.3 is 0 Å². The minimum atomic E-state index is -0.315. The molecule has 1 heterocycles. The summed E-state index contributed by atoms with van der Waals surface area (Å²) in [5.74, 6) is 0.00365. The molecule has 1 aromatic heterocycles. The molecule has 6 heteroatoms. The van der Waals surface area contributed by atoms with Crippen LogP contribution in [0.1, 0.15) is 27.2 Å². The first-order valence-corrected chi connectivity index (χ1v) is 12.2. The molecule has 1 N–H and O–H groups in total.